The van der Waals surface area contributed by atoms with Gasteiger partial charge in [-0.1, -0.05) is 70.2 Å². The van der Waals surface area contributed by atoms with Gasteiger partial charge in [-0.05, 0) is 56.4 Å². The SMILES string of the molecule is CC(C)C[C@@H](C(=O)NN)[C@H](C(=O)NOC1CCCCO1)C(/C=C/c1ccccc1)(CC(C)C)C(=O)CCC(C)O. The highest BCUT2D eigenvalue weighted by Crippen LogP contribution is 2.45. The van der Waals surface area contributed by atoms with Gasteiger partial charge in [0.05, 0.1) is 23.4 Å². The molecule has 9 nitrogen and oxygen atoms in total. The summed E-state index contributed by atoms with van der Waals surface area (Å²) in [5.74, 6) is 2.30. The summed E-state index contributed by atoms with van der Waals surface area (Å²) in [6.07, 6.45) is 5.67. The van der Waals surface area contributed by atoms with Gasteiger partial charge in [-0.25, -0.2) is 16.2 Å². The fourth-order valence-corrected chi connectivity index (χ4v) is 5.51. The summed E-state index contributed by atoms with van der Waals surface area (Å²) < 4.78 is 5.62. The molecule has 0 aliphatic carbocycles. The van der Waals surface area contributed by atoms with Gasteiger partial charge in [0.2, 0.25) is 11.8 Å². The van der Waals surface area contributed by atoms with E-state index in [0.717, 1.165) is 18.4 Å². The zero-order valence-corrected chi connectivity index (χ0v) is 24.7. The molecule has 1 aliphatic heterocycles. The third kappa shape index (κ3) is 10.1. The van der Waals surface area contributed by atoms with Crippen LogP contribution >= 0.6 is 0 Å². The lowest BCUT2D eigenvalue weighted by Crippen LogP contribution is -2.54. The van der Waals surface area contributed by atoms with E-state index in [9.17, 15) is 19.5 Å². The van der Waals surface area contributed by atoms with Crippen LogP contribution in [0.15, 0.2) is 36.4 Å². The van der Waals surface area contributed by atoms with Gasteiger partial charge >= 0.3 is 0 Å². The Morgan fingerprint density at radius 1 is 1.10 bits per heavy atom. The number of nitrogens with one attached hydrogen (secondary N) is 2. The monoisotopic (exact) mass is 559 g/mol. The third-order valence-electron chi connectivity index (χ3n) is 7.30. The molecule has 0 aromatic heterocycles. The molecule has 1 aliphatic rings. The van der Waals surface area contributed by atoms with Crippen LogP contribution in [0.1, 0.15) is 85.1 Å². The minimum atomic E-state index is -1.38. The maximum atomic E-state index is 14.3. The lowest BCUT2D eigenvalue weighted by molar-refractivity contribution is -0.204. The third-order valence-corrected chi connectivity index (χ3v) is 7.30. The maximum absolute atomic E-state index is 14.3. The highest BCUT2D eigenvalue weighted by atomic mass is 16.8. The largest absolute Gasteiger partial charge is 0.393 e. The Hall–Kier alpha value is -2.59. The lowest BCUT2D eigenvalue weighted by atomic mass is 9.60. The molecule has 1 aromatic rings. The van der Waals surface area contributed by atoms with Crippen molar-refractivity contribution in [2.45, 2.75) is 92.0 Å². The topological polar surface area (TPSA) is 140 Å². The average Bonchev–Trinajstić information content (AvgIpc) is 2.93. The fourth-order valence-electron chi connectivity index (χ4n) is 5.51. The maximum Gasteiger partial charge on any atom is 0.248 e. The highest BCUT2D eigenvalue weighted by molar-refractivity contribution is 5.97. The molecule has 2 rings (SSSR count). The fraction of sp³-hybridized carbons (Fsp3) is 0.645. The molecule has 1 fully saturated rings. The van der Waals surface area contributed by atoms with E-state index in [2.05, 4.69) is 10.9 Å². The number of allylic oxidation sites excluding steroid dienone is 1. The quantitative estimate of drug-likeness (QED) is 0.134. The predicted octanol–water partition coefficient (Wildman–Crippen LogP) is 4.31. The Morgan fingerprint density at radius 2 is 1.80 bits per heavy atom. The van der Waals surface area contributed by atoms with E-state index in [4.69, 9.17) is 15.4 Å². The Morgan fingerprint density at radius 3 is 2.35 bits per heavy atom. The van der Waals surface area contributed by atoms with Crippen LogP contribution < -0.4 is 16.7 Å². The van der Waals surface area contributed by atoms with Gasteiger partial charge in [0.25, 0.3) is 0 Å². The van der Waals surface area contributed by atoms with Gasteiger partial charge < -0.3 is 9.84 Å². The highest BCUT2D eigenvalue weighted by Gasteiger charge is 2.52. The zero-order valence-electron chi connectivity index (χ0n) is 24.7. The summed E-state index contributed by atoms with van der Waals surface area (Å²) in [4.78, 5) is 47.5. The summed E-state index contributed by atoms with van der Waals surface area (Å²) in [5.41, 5.74) is 4.27. The van der Waals surface area contributed by atoms with Crippen molar-refractivity contribution in [1.29, 1.82) is 0 Å². The van der Waals surface area contributed by atoms with E-state index in [1.165, 1.54) is 0 Å². The zero-order chi connectivity index (χ0) is 29.7. The van der Waals surface area contributed by atoms with Crippen molar-refractivity contribution in [3.63, 3.8) is 0 Å². The average molecular weight is 560 g/mol. The summed E-state index contributed by atoms with van der Waals surface area (Å²) in [7, 11) is 0. The molecule has 1 saturated heterocycles. The van der Waals surface area contributed by atoms with Crippen LogP contribution in [-0.2, 0) is 24.0 Å². The molecule has 5 N–H and O–H groups in total. The lowest BCUT2D eigenvalue weighted by Gasteiger charge is -2.42. The van der Waals surface area contributed by atoms with E-state index < -0.39 is 41.5 Å². The summed E-state index contributed by atoms with van der Waals surface area (Å²) in [6, 6.07) is 9.51. The van der Waals surface area contributed by atoms with Crippen molar-refractivity contribution in [2.24, 2.45) is 34.9 Å². The number of carbonyl (C=O) groups excluding carboxylic acids is 3. The number of nitrogens with two attached hydrogens (primary N) is 1. The number of rotatable bonds is 16. The van der Waals surface area contributed by atoms with Gasteiger partial charge in [0.15, 0.2) is 6.29 Å². The first-order valence-electron chi connectivity index (χ1n) is 14.5. The second-order valence-corrected chi connectivity index (χ2v) is 11.8. The molecule has 0 saturated carbocycles. The summed E-state index contributed by atoms with van der Waals surface area (Å²) in [6.45, 7) is 10.0. The molecule has 5 atom stereocenters. The predicted molar refractivity (Wildman–Crippen MR) is 155 cm³/mol. The molecule has 1 heterocycles. The van der Waals surface area contributed by atoms with E-state index in [1.54, 1.807) is 13.0 Å². The molecule has 3 unspecified atom stereocenters. The number of amides is 2. The van der Waals surface area contributed by atoms with Gasteiger partial charge in [0.1, 0.15) is 5.78 Å². The van der Waals surface area contributed by atoms with Crippen molar-refractivity contribution in [1.82, 2.24) is 10.9 Å². The Labute approximate surface area is 239 Å². The second kappa shape index (κ2) is 16.6. The van der Waals surface area contributed by atoms with Gasteiger partial charge in [-0.2, -0.15) is 0 Å². The Balaban J connectivity index is 2.71. The minimum absolute atomic E-state index is 0.00513. The first kappa shape index (κ1) is 33.6. The van der Waals surface area contributed by atoms with Crippen molar-refractivity contribution < 1.29 is 29.1 Å². The van der Waals surface area contributed by atoms with Gasteiger partial charge in [0, 0.05) is 19.4 Å². The van der Waals surface area contributed by atoms with E-state index >= 15 is 0 Å². The first-order chi connectivity index (χ1) is 19.0. The Kier molecular flexibility index (Phi) is 14.0. The molecule has 40 heavy (non-hydrogen) atoms. The smallest absolute Gasteiger partial charge is 0.248 e. The molecular weight excluding hydrogens is 510 g/mol. The van der Waals surface area contributed by atoms with Crippen LogP contribution in [0.5, 0.6) is 0 Å². The van der Waals surface area contributed by atoms with Gasteiger partial charge in [-0.3, -0.25) is 19.8 Å². The van der Waals surface area contributed by atoms with E-state index in [-0.39, 0.29) is 30.5 Å². The Bertz CT molecular complexity index is 959. The molecule has 1 aromatic carbocycles. The van der Waals surface area contributed by atoms with Crippen molar-refractivity contribution in [2.75, 3.05) is 6.61 Å². The normalized spacial score (nSPS) is 19.7. The number of hydrogen-bond acceptors (Lipinski definition) is 7. The first-order valence-corrected chi connectivity index (χ1v) is 14.5. The number of hydrazine groups is 1. The van der Waals surface area contributed by atoms with Crippen molar-refractivity contribution in [3.8, 4) is 0 Å². The van der Waals surface area contributed by atoms with Crippen molar-refractivity contribution in [3.05, 3.63) is 42.0 Å². The molecule has 0 spiro atoms. The second-order valence-electron chi connectivity index (χ2n) is 11.8. The number of aliphatic hydroxyl groups is 1. The van der Waals surface area contributed by atoms with Crippen LogP contribution in [0, 0.1) is 29.1 Å². The summed E-state index contributed by atoms with van der Waals surface area (Å²) >= 11 is 0. The molecule has 9 heteroatoms. The van der Waals surface area contributed by atoms with Gasteiger partial charge in [-0.15, -0.1) is 0 Å². The molecule has 0 radical (unpaired) electrons. The minimum Gasteiger partial charge on any atom is -0.393 e. The van der Waals surface area contributed by atoms with Crippen LogP contribution in [0.2, 0.25) is 0 Å². The number of Topliss-reactive ketones (excluding diaryl/α,β-unsaturated/α-hetero) is 1. The number of benzene rings is 1. The number of aliphatic hydroxyl groups excluding tert-OH is 1. The number of ether oxygens (including phenoxy) is 1. The van der Waals surface area contributed by atoms with E-state index in [1.807, 2.05) is 64.1 Å². The molecular formula is C31H49N3O6. The number of hydrogen-bond donors (Lipinski definition) is 4. The molecule has 2 amide bonds. The van der Waals surface area contributed by atoms with E-state index in [0.29, 0.717) is 25.9 Å². The van der Waals surface area contributed by atoms with Crippen molar-refractivity contribution >= 4 is 23.7 Å². The molecule has 224 valence electrons. The van der Waals surface area contributed by atoms with Crippen LogP contribution in [0.25, 0.3) is 6.08 Å². The number of carbonyl (C=O) groups is 3. The molecule has 0 bridgehead atoms. The standard InChI is InChI=1S/C31H49N3O6/c1-21(2)19-25(29(37)33-32)28(30(38)34-40-27-13-9-10-18-39-27)31(20-22(3)4,26(36)15-14-23(5)35)17-16-24-11-7-6-8-12-24/h6-8,11-12,16-17,21-23,25,27-28,35H,9-10,13-15,18-20,32H2,1-5H3,(H,33,37)(H,34,38)/b17-16+/t23?,25-,27?,28-,31?/m1/s1. The van der Waals surface area contributed by atoms with Crippen LogP contribution in [0.3, 0.4) is 0 Å². The van der Waals surface area contributed by atoms with Crippen LogP contribution in [-0.4, -0.2) is 41.7 Å². The van der Waals surface area contributed by atoms with Crippen LogP contribution in [0.4, 0.5) is 0 Å². The number of ketones is 1. The number of hydroxylamine groups is 1. The summed E-state index contributed by atoms with van der Waals surface area (Å²) in [5, 5.41) is 10.0.